The number of carbonyl (C=O) groups is 2. The molecule has 8 heteroatoms. The Kier molecular flexibility index (Phi) is 6.22. The fraction of sp³-hybridized carbons (Fsp3) is 0.0435. The number of rotatable bonds is 4. The molecule has 0 radical (unpaired) electrons. The van der Waals surface area contributed by atoms with Gasteiger partial charge in [-0.05, 0) is 48.9 Å². The summed E-state index contributed by atoms with van der Waals surface area (Å²) in [4.78, 5) is 24.5. The van der Waals surface area contributed by atoms with Gasteiger partial charge in [-0.1, -0.05) is 42.5 Å². The zero-order valence-electron chi connectivity index (χ0n) is 16.4. The molecule has 1 heterocycles. The number of hydrogen-bond donors (Lipinski definition) is 3. The standard InChI is InChI=1S/C14H11NO2S.C9H8O4/c16-18(17,12-7-2-1-3-8-12)14-10-11-6-4-5-9-13(11)15-14;1-5-6(8(10)11)3-2-4-7(5)9(12)13/h1-10,15H;2-4H,1H3,(H,10,11)(H,12,13). The van der Waals surface area contributed by atoms with E-state index in [-0.39, 0.29) is 21.7 Å². The number of carboxylic acids is 2. The van der Waals surface area contributed by atoms with Crippen LogP contribution >= 0.6 is 0 Å². The first-order valence-electron chi connectivity index (χ1n) is 9.16. The summed E-state index contributed by atoms with van der Waals surface area (Å²) in [6.45, 7) is 1.48. The lowest BCUT2D eigenvalue weighted by Gasteiger charge is -2.03. The zero-order chi connectivity index (χ0) is 22.6. The average Bonchev–Trinajstić information content (AvgIpc) is 3.20. The van der Waals surface area contributed by atoms with Crippen molar-refractivity contribution in [3.8, 4) is 0 Å². The Morgan fingerprint density at radius 3 is 1.87 bits per heavy atom. The van der Waals surface area contributed by atoms with E-state index in [9.17, 15) is 18.0 Å². The maximum atomic E-state index is 12.4. The van der Waals surface area contributed by atoms with Crippen LogP contribution in [-0.4, -0.2) is 35.6 Å². The minimum atomic E-state index is -3.46. The third kappa shape index (κ3) is 4.65. The Morgan fingerprint density at radius 1 is 0.774 bits per heavy atom. The van der Waals surface area contributed by atoms with Crippen LogP contribution < -0.4 is 0 Å². The van der Waals surface area contributed by atoms with Gasteiger partial charge in [0.05, 0.1) is 16.0 Å². The van der Waals surface area contributed by atoms with Crippen molar-refractivity contribution in [1.29, 1.82) is 0 Å². The van der Waals surface area contributed by atoms with Crippen molar-refractivity contribution < 1.29 is 28.2 Å². The molecule has 0 atom stereocenters. The highest BCUT2D eigenvalue weighted by atomic mass is 32.2. The smallest absolute Gasteiger partial charge is 0.335 e. The van der Waals surface area contributed by atoms with Crippen molar-refractivity contribution in [2.24, 2.45) is 0 Å². The van der Waals surface area contributed by atoms with E-state index in [1.807, 2.05) is 24.3 Å². The molecule has 0 amide bonds. The van der Waals surface area contributed by atoms with E-state index >= 15 is 0 Å². The van der Waals surface area contributed by atoms with Crippen LogP contribution in [0.3, 0.4) is 0 Å². The van der Waals surface area contributed by atoms with Crippen LogP contribution in [0.15, 0.2) is 88.8 Å². The van der Waals surface area contributed by atoms with Crippen LogP contribution in [0.25, 0.3) is 10.9 Å². The number of fused-ring (bicyclic) bond motifs is 1. The summed E-state index contributed by atoms with van der Waals surface area (Å²) in [5.74, 6) is -2.22. The number of aromatic nitrogens is 1. The SMILES string of the molecule is Cc1c(C(=O)O)cccc1C(=O)O.O=S(=O)(c1ccccc1)c1cc2ccccc2[nH]1. The molecular weight excluding hydrogens is 418 g/mol. The number of para-hydroxylation sites is 1. The van der Waals surface area contributed by atoms with Gasteiger partial charge in [-0.3, -0.25) is 0 Å². The third-order valence-corrected chi connectivity index (χ3v) is 6.33. The summed E-state index contributed by atoms with van der Waals surface area (Å²) in [5, 5.41) is 18.5. The number of carboxylic acid groups (broad SMARTS) is 2. The van der Waals surface area contributed by atoms with Crippen molar-refractivity contribution in [2.75, 3.05) is 0 Å². The maximum absolute atomic E-state index is 12.4. The molecule has 4 rings (SSSR count). The van der Waals surface area contributed by atoms with Gasteiger partial charge < -0.3 is 15.2 Å². The molecule has 0 spiro atoms. The van der Waals surface area contributed by atoms with Crippen LogP contribution in [0.1, 0.15) is 26.3 Å². The largest absolute Gasteiger partial charge is 0.478 e. The number of aromatic carboxylic acids is 2. The number of nitrogens with one attached hydrogen (secondary N) is 1. The van der Waals surface area contributed by atoms with E-state index in [1.54, 1.807) is 36.4 Å². The van der Waals surface area contributed by atoms with E-state index in [0.29, 0.717) is 4.90 Å². The van der Waals surface area contributed by atoms with Gasteiger partial charge in [0.1, 0.15) is 5.03 Å². The molecule has 0 aliphatic heterocycles. The Labute approximate surface area is 178 Å². The van der Waals surface area contributed by atoms with Crippen LogP contribution in [0.4, 0.5) is 0 Å². The molecule has 158 valence electrons. The van der Waals surface area contributed by atoms with Crippen molar-refractivity contribution in [2.45, 2.75) is 16.8 Å². The van der Waals surface area contributed by atoms with Gasteiger partial charge in [-0.15, -0.1) is 0 Å². The van der Waals surface area contributed by atoms with Gasteiger partial charge >= 0.3 is 11.9 Å². The molecule has 0 saturated carbocycles. The third-order valence-electron chi connectivity index (χ3n) is 4.64. The fourth-order valence-corrected chi connectivity index (χ4v) is 4.31. The number of aromatic amines is 1. The summed E-state index contributed by atoms with van der Waals surface area (Å²) in [6.07, 6.45) is 0. The van der Waals surface area contributed by atoms with E-state index in [4.69, 9.17) is 10.2 Å². The number of hydrogen-bond acceptors (Lipinski definition) is 4. The molecule has 7 nitrogen and oxygen atoms in total. The summed E-state index contributed by atoms with van der Waals surface area (Å²) >= 11 is 0. The van der Waals surface area contributed by atoms with Crippen LogP contribution in [0.5, 0.6) is 0 Å². The second-order valence-corrected chi connectivity index (χ2v) is 8.54. The van der Waals surface area contributed by atoms with Crippen molar-refractivity contribution in [3.05, 3.63) is 95.6 Å². The first-order valence-corrected chi connectivity index (χ1v) is 10.6. The lowest BCUT2D eigenvalue weighted by atomic mass is 10.0. The second-order valence-electron chi connectivity index (χ2n) is 6.63. The molecule has 0 aliphatic carbocycles. The molecule has 31 heavy (non-hydrogen) atoms. The number of H-pyrrole nitrogens is 1. The Bertz CT molecular complexity index is 1290. The van der Waals surface area contributed by atoms with E-state index in [1.165, 1.54) is 25.1 Å². The Balaban J connectivity index is 0.000000187. The van der Waals surface area contributed by atoms with Gasteiger partial charge in [0.15, 0.2) is 0 Å². The summed E-state index contributed by atoms with van der Waals surface area (Å²) < 4.78 is 24.7. The zero-order valence-corrected chi connectivity index (χ0v) is 17.3. The molecular formula is C23H19NO6S. The van der Waals surface area contributed by atoms with Crippen molar-refractivity contribution in [1.82, 2.24) is 4.98 Å². The Morgan fingerprint density at radius 2 is 1.32 bits per heavy atom. The van der Waals surface area contributed by atoms with Gasteiger partial charge in [-0.25, -0.2) is 18.0 Å². The lowest BCUT2D eigenvalue weighted by Crippen LogP contribution is -2.06. The van der Waals surface area contributed by atoms with Gasteiger partial charge in [0, 0.05) is 10.9 Å². The molecule has 0 saturated heterocycles. The minimum Gasteiger partial charge on any atom is -0.478 e. The first kappa shape index (κ1) is 21.8. The highest BCUT2D eigenvalue weighted by Crippen LogP contribution is 2.24. The summed E-state index contributed by atoms with van der Waals surface area (Å²) in [5.41, 5.74) is 1.16. The molecule has 3 aromatic carbocycles. The topological polar surface area (TPSA) is 125 Å². The van der Waals surface area contributed by atoms with E-state index < -0.39 is 21.8 Å². The van der Waals surface area contributed by atoms with Crippen molar-refractivity contribution in [3.63, 3.8) is 0 Å². The lowest BCUT2D eigenvalue weighted by molar-refractivity contribution is 0.0696. The van der Waals surface area contributed by atoms with Crippen LogP contribution in [-0.2, 0) is 9.84 Å². The predicted molar refractivity (Wildman–Crippen MR) is 115 cm³/mol. The average molecular weight is 437 g/mol. The monoisotopic (exact) mass is 437 g/mol. The van der Waals surface area contributed by atoms with Gasteiger partial charge in [0.2, 0.25) is 9.84 Å². The van der Waals surface area contributed by atoms with Crippen LogP contribution in [0, 0.1) is 6.92 Å². The molecule has 0 bridgehead atoms. The predicted octanol–water partition coefficient (Wildman–Crippen LogP) is 4.39. The van der Waals surface area contributed by atoms with E-state index in [0.717, 1.165) is 10.9 Å². The minimum absolute atomic E-state index is 0.0277. The van der Waals surface area contributed by atoms with Gasteiger partial charge in [-0.2, -0.15) is 0 Å². The Hall–Kier alpha value is -3.91. The summed E-state index contributed by atoms with van der Waals surface area (Å²) in [6, 6.07) is 21.8. The van der Waals surface area contributed by atoms with Crippen LogP contribution in [0.2, 0.25) is 0 Å². The number of sulfone groups is 1. The normalized spacial score (nSPS) is 10.9. The van der Waals surface area contributed by atoms with E-state index in [2.05, 4.69) is 4.98 Å². The molecule has 1 aromatic heterocycles. The second kappa shape index (κ2) is 8.85. The number of benzene rings is 3. The highest BCUT2D eigenvalue weighted by Gasteiger charge is 2.19. The molecule has 4 aromatic rings. The molecule has 3 N–H and O–H groups in total. The highest BCUT2D eigenvalue weighted by molar-refractivity contribution is 7.91. The summed E-state index contributed by atoms with van der Waals surface area (Å²) in [7, 11) is -3.46. The first-order chi connectivity index (χ1) is 14.7. The van der Waals surface area contributed by atoms with Crippen molar-refractivity contribution >= 4 is 32.7 Å². The maximum Gasteiger partial charge on any atom is 0.335 e. The van der Waals surface area contributed by atoms with Gasteiger partial charge in [0.25, 0.3) is 0 Å². The molecule has 0 fully saturated rings. The molecule has 0 aliphatic rings. The fourth-order valence-electron chi connectivity index (χ4n) is 3.02. The quantitative estimate of drug-likeness (QED) is 0.435. The molecule has 0 unspecified atom stereocenters.